The summed E-state index contributed by atoms with van der Waals surface area (Å²) in [6, 6.07) is 0. The third-order valence-corrected chi connectivity index (χ3v) is 16.2. The molecular weight excluding hydrogens is 728 g/mol. The minimum atomic E-state index is -1.01. The van der Waals surface area contributed by atoms with E-state index in [9.17, 15) is 30.3 Å². The molecule has 0 spiro atoms. The van der Waals surface area contributed by atoms with E-state index in [1.54, 1.807) is 13.0 Å². The molecule has 0 radical (unpaired) electrons. The Bertz CT molecular complexity index is 1430. The molecule has 56 heavy (non-hydrogen) atoms. The van der Waals surface area contributed by atoms with Crippen molar-refractivity contribution in [3.05, 3.63) is 11.6 Å². The Kier molecular flexibility index (Phi) is 11.6. The third kappa shape index (κ3) is 7.02. The van der Waals surface area contributed by atoms with Crippen LogP contribution < -0.4 is 0 Å². The van der Waals surface area contributed by atoms with Crippen LogP contribution in [0.25, 0.3) is 0 Å². The maximum atomic E-state index is 12.6. The summed E-state index contributed by atoms with van der Waals surface area (Å²) >= 11 is 0. The first-order valence-corrected chi connectivity index (χ1v) is 21.3. The van der Waals surface area contributed by atoms with Gasteiger partial charge in [0.05, 0.1) is 54.4 Å². The lowest BCUT2D eigenvalue weighted by Crippen LogP contribution is -2.67. The smallest absolute Gasteiger partial charge is 0.331 e. The zero-order valence-electron chi connectivity index (χ0n) is 33.9. The van der Waals surface area contributed by atoms with Crippen LogP contribution in [0.15, 0.2) is 11.6 Å². The summed E-state index contributed by atoms with van der Waals surface area (Å²) in [5.41, 5.74) is -0.877. The molecule has 318 valence electrons. The van der Waals surface area contributed by atoms with E-state index in [0.29, 0.717) is 18.8 Å². The number of aliphatic hydroxyl groups is 5. The Morgan fingerprint density at radius 2 is 1.27 bits per heavy atom. The molecule has 4 aliphatic heterocycles. The lowest BCUT2D eigenvalue weighted by molar-refractivity contribution is -0.336. The molecule has 0 aromatic rings. The van der Waals surface area contributed by atoms with Crippen LogP contribution in [0.3, 0.4) is 0 Å². The summed E-state index contributed by atoms with van der Waals surface area (Å²) in [7, 11) is 1.53. The summed E-state index contributed by atoms with van der Waals surface area (Å²) in [4.78, 5) is 12.0. The topological polar surface area (TPSA) is 192 Å². The average molecular weight is 795 g/mol. The van der Waals surface area contributed by atoms with E-state index >= 15 is 0 Å². The average Bonchev–Trinajstić information content (AvgIpc) is 3.68. The molecule has 4 aliphatic carbocycles. The number of fused-ring (bicyclic) bond motifs is 5. The van der Waals surface area contributed by atoms with Gasteiger partial charge in [-0.3, -0.25) is 0 Å². The van der Waals surface area contributed by atoms with Crippen molar-refractivity contribution < 1.29 is 68.2 Å². The molecule has 8 aliphatic rings. The van der Waals surface area contributed by atoms with Crippen molar-refractivity contribution in [1.82, 2.24) is 0 Å². The third-order valence-electron chi connectivity index (χ3n) is 16.2. The van der Waals surface area contributed by atoms with Gasteiger partial charge < -0.3 is 63.4 Å². The lowest BCUT2D eigenvalue weighted by atomic mass is 9.42. The van der Waals surface area contributed by atoms with Crippen molar-refractivity contribution in [3.8, 4) is 0 Å². The van der Waals surface area contributed by atoms with Gasteiger partial charge in [0.15, 0.2) is 18.9 Å². The molecule has 8 rings (SSSR count). The number of esters is 1. The van der Waals surface area contributed by atoms with Gasteiger partial charge in [0, 0.05) is 37.9 Å². The molecular formula is C42H66O14. The van der Waals surface area contributed by atoms with E-state index in [1.807, 2.05) is 20.8 Å². The number of cyclic esters (lactones) is 1. The predicted octanol–water partition coefficient (Wildman–Crippen LogP) is 2.87. The van der Waals surface area contributed by atoms with Gasteiger partial charge in [-0.15, -0.1) is 0 Å². The second-order valence-electron chi connectivity index (χ2n) is 19.0. The fourth-order valence-electron chi connectivity index (χ4n) is 13.1. The highest BCUT2D eigenvalue weighted by molar-refractivity contribution is 5.85. The number of aliphatic hydroxyl groups excluding tert-OH is 4. The molecule has 7 fully saturated rings. The SMILES string of the molecule is CO[C@H]1[C@@H](O)C[C@H](O[C@H]2[C@@H](O)C[C@H](O[C@H]3[C@@H](O)C[C@H](O[C@H]4CC[C@@]5(C)C(CCC6C5C[C@@H](O)[C@]5(C)[C@@H](C7=CC(=O)OC7)CC[C@]65O)C4)O[C@@H]3C)O[C@@H]2C)O[C@@H]1C. The van der Waals surface area contributed by atoms with Gasteiger partial charge in [-0.2, -0.15) is 0 Å². The van der Waals surface area contributed by atoms with E-state index in [-0.39, 0.29) is 67.2 Å². The van der Waals surface area contributed by atoms with Gasteiger partial charge in [-0.05, 0) is 107 Å². The molecule has 5 N–H and O–H groups in total. The lowest BCUT2D eigenvalue weighted by Gasteiger charge is -2.65. The second kappa shape index (κ2) is 15.6. The van der Waals surface area contributed by atoms with Crippen molar-refractivity contribution in [1.29, 1.82) is 0 Å². The normalized spacial score (nSPS) is 54.8. The molecule has 0 aromatic carbocycles. The predicted molar refractivity (Wildman–Crippen MR) is 197 cm³/mol. The Balaban J connectivity index is 0.832. The molecule has 4 heterocycles. The van der Waals surface area contributed by atoms with Crippen molar-refractivity contribution in [2.75, 3.05) is 13.7 Å². The number of methoxy groups -OCH3 is 1. The van der Waals surface area contributed by atoms with Crippen LogP contribution in [-0.4, -0.2) is 137 Å². The fraction of sp³-hybridized carbons (Fsp3) is 0.929. The largest absolute Gasteiger partial charge is 0.458 e. The number of ether oxygens (including phenoxy) is 8. The molecule has 3 unspecified atom stereocenters. The van der Waals surface area contributed by atoms with Crippen LogP contribution in [0, 0.1) is 34.5 Å². The maximum absolute atomic E-state index is 12.6. The number of carbonyl (C=O) groups is 1. The second-order valence-corrected chi connectivity index (χ2v) is 19.0. The number of hydrogen-bond acceptors (Lipinski definition) is 14. The fourth-order valence-corrected chi connectivity index (χ4v) is 13.1. The first-order chi connectivity index (χ1) is 26.5. The van der Waals surface area contributed by atoms with E-state index < -0.39 is 84.8 Å². The first kappa shape index (κ1) is 41.5. The number of carbonyl (C=O) groups excluding carboxylic acids is 1. The van der Waals surface area contributed by atoms with E-state index in [2.05, 4.69) is 6.92 Å². The molecule has 0 bridgehead atoms. The van der Waals surface area contributed by atoms with Crippen LogP contribution in [0.5, 0.6) is 0 Å². The number of rotatable bonds is 8. The minimum absolute atomic E-state index is 0.0386. The zero-order chi connectivity index (χ0) is 39.9. The Hall–Kier alpha value is -1.27. The molecule has 0 aromatic heterocycles. The highest BCUT2D eigenvalue weighted by Gasteiger charge is 2.71. The van der Waals surface area contributed by atoms with Crippen LogP contribution in [0.2, 0.25) is 0 Å². The van der Waals surface area contributed by atoms with Gasteiger partial charge in [0.2, 0.25) is 0 Å². The standard InChI is InChI=1S/C42H66O14/c1-20-37(49-6)29(43)16-35(51-20)55-39-22(3)53-36(18-31(39)45)56-38-21(2)52-34(17-30(38)44)54-25-9-11-40(4)24(14-25)7-8-27-28(40)15-32(46)41(5)26(10-12-42(27,41)48)23-13-33(47)50-19-23/h13,20-22,24-32,34-39,43-46,48H,7-12,14-19H2,1-6H3/t20-,21-,22-,24?,25+,26-,27?,28?,29+,30+,31+,32-,34+,35+,36+,37-,38-,39-,40+,41+,42+/m1/s1. The van der Waals surface area contributed by atoms with Gasteiger partial charge in [-0.25, -0.2) is 4.79 Å². The highest BCUT2D eigenvalue weighted by atomic mass is 16.7. The minimum Gasteiger partial charge on any atom is -0.458 e. The first-order valence-electron chi connectivity index (χ1n) is 21.3. The van der Waals surface area contributed by atoms with Crippen LogP contribution in [0.4, 0.5) is 0 Å². The van der Waals surface area contributed by atoms with Crippen LogP contribution in [-0.2, 0) is 42.7 Å². The molecule has 21 atom stereocenters. The molecule has 14 heteroatoms. The van der Waals surface area contributed by atoms with Gasteiger partial charge in [0.25, 0.3) is 0 Å². The monoisotopic (exact) mass is 794 g/mol. The maximum Gasteiger partial charge on any atom is 0.331 e. The molecule has 3 saturated heterocycles. The van der Waals surface area contributed by atoms with Gasteiger partial charge in [0.1, 0.15) is 24.9 Å². The van der Waals surface area contributed by atoms with Crippen molar-refractivity contribution in [3.63, 3.8) is 0 Å². The Morgan fingerprint density at radius 3 is 1.80 bits per heavy atom. The molecule has 14 nitrogen and oxygen atoms in total. The van der Waals surface area contributed by atoms with Crippen molar-refractivity contribution in [2.24, 2.45) is 34.5 Å². The van der Waals surface area contributed by atoms with E-state index in [1.165, 1.54) is 7.11 Å². The van der Waals surface area contributed by atoms with Gasteiger partial charge in [-0.1, -0.05) is 13.8 Å². The Labute approximate surface area is 330 Å². The summed E-state index contributed by atoms with van der Waals surface area (Å²) in [6.45, 7) is 10.1. The van der Waals surface area contributed by atoms with Crippen LogP contribution in [0.1, 0.15) is 105 Å². The van der Waals surface area contributed by atoms with Crippen LogP contribution >= 0.6 is 0 Å². The zero-order valence-corrected chi connectivity index (χ0v) is 33.9. The summed E-state index contributed by atoms with van der Waals surface area (Å²) in [5, 5.41) is 57.3. The summed E-state index contributed by atoms with van der Waals surface area (Å²) in [6.07, 6.45) is -0.0154. The van der Waals surface area contributed by atoms with Crippen molar-refractivity contribution >= 4 is 5.97 Å². The Morgan fingerprint density at radius 1 is 0.696 bits per heavy atom. The van der Waals surface area contributed by atoms with E-state index in [0.717, 1.165) is 44.1 Å². The van der Waals surface area contributed by atoms with Crippen molar-refractivity contribution in [2.45, 2.75) is 197 Å². The number of hydrogen-bond donors (Lipinski definition) is 5. The van der Waals surface area contributed by atoms with Gasteiger partial charge >= 0.3 is 5.97 Å². The highest BCUT2D eigenvalue weighted by Crippen LogP contribution is 2.70. The quantitative estimate of drug-likeness (QED) is 0.178. The summed E-state index contributed by atoms with van der Waals surface area (Å²) < 4.78 is 47.8. The summed E-state index contributed by atoms with van der Waals surface area (Å²) in [5.74, 6) is 0.223. The molecule has 4 saturated carbocycles. The molecule has 0 amide bonds. The van der Waals surface area contributed by atoms with E-state index in [4.69, 9.17) is 37.9 Å².